The second-order valence-corrected chi connectivity index (χ2v) is 5.37. The third kappa shape index (κ3) is 2.61. The summed E-state index contributed by atoms with van der Waals surface area (Å²) in [6.45, 7) is 4.10. The van der Waals surface area contributed by atoms with Crippen molar-refractivity contribution in [2.75, 3.05) is 14.2 Å². The minimum absolute atomic E-state index is 0.0413. The van der Waals surface area contributed by atoms with Gasteiger partial charge in [0.05, 0.1) is 14.2 Å². The Balaban J connectivity index is 2.61. The van der Waals surface area contributed by atoms with Gasteiger partial charge in [-0.25, -0.2) is 0 Å². The molecule has 112 valence electrons. The second-order valence-electron chi connectivity index (χ2n) is 5.37. The molecular formula is C17H20O4. The minimum Gasteiger partial charge on any atom is -0.508 e. The largest absolute Gasteiger partial charge is 0.508 e. The summed E-state index contributed by atoms with van der Waals surface area (Å²) >= 11 is 0. The van der Waals surface area contributed by atoms with Crippen LogP contribution in [0.4, 0.5) is 0 Å². The molecule has 0 aromatic heterocycles. The summed E-state index contributed by atoms with van der Waals surface area (Å²) in [7, 11) is 3.04. The first kappa shape index (κ1) is 15.0. The van der Waals surface area contributed by atoms with E-state index in [-0.39, 0.29) is 16.9 Å². The van der Waals surface area contributed by atoms with Crippen LogP contribution in [0.1, 0.15) is 25.0 Å². The summed E-state index contributed by atoms with van der Waals surface area (Å²) in [5.74, 6) is 1.10. The predicted octanol–water partition coefficient (Wildman–Crippen LogP) is 3.44. The Morgan fingerprint density at radius 3 is 1.90 bits per heavy atom. The van der Waals surface area contributed by atoms with Gasteiger partial charge in [0.1, 0.15) is 5.75 Å². The average molecular weight is 288 g/mol. The monoisotopic (exact) mass is 288 g/mol. The van der Waals surface area contributed by atoms with E-state index >= 15 is 0 Å². The van der Waals surface area contributed by atoms with Gasteiger partial charge in [0.15, 0.2) is 11.5 Å². The van der Waals surface area contributed by atoms with Gasteiger partial charge in [-0.2, -0.15) is 0 Å². The number of phenolic OH excluding ortho intramolecular Hbond substituents is 2. The highest BCUT2D eigenvalue weighted by Gasteiger charge is 2.29. The van der Waals surface area contributed by atoms with E-state index in [4.69, 9.17) is 9.47 Å². The van der Waals surface area contributed by atoms with E-state index < -0.39 is 0 Å². The number of ether oxygens (including phenoxy) is 2. The Labute approximate surface area is 124 Å². The van der Waals surface area contributed by atoms with Crippen molar-refractivity contribution in [1.82, 2.24) is 0 Å². The van der Waals surface area contributed by atoms with Crippen molar-refractivity contribution >= 4 is 0 Å². The third-order valence-corrected chi connectivity index (χ3v) is 3.76. The summed E-state index contributed by atoms with van der Waals surface area (Å²) in [6, 6.07) is 10.5. The van der Waals surface area contributed by atoms with Gasteiger partial charge in [0.2, 0.25) is 5.75 Å². The lowest BCUT2D eigenvalue weighted by molar-refractivity contribution is 0.327. The molecule has 0 saturated carbocycles. The molecule has 4 nitrogen and oxygen atoms in total. The molecule has 0 radical (unpaired) electrons. The minimum atomic E-state index is -0.375. The van der Waals surface area contributed by atoms with Gasteiger partial charge in [-0.1, -0.05) is 32.0 Å². The standard InChI is InChI=1S/C17H20O4/c1-17(2,11-5-7-12(18)8-6-11)13-9-10-14(19)16(21-4)15(13)20-3/h5-10,18-19H,1-4H3. The summed E-state index contributed by atoms with van der Waals surface area (Å²) in [6.07, 6.45) is 0. The molecule has 0 heterocycles. The Morgan fingerprint density at radius 2 is 1.38 bits per heavy atom. The fourth-order valence-electron chi connectivity index (χ4n) is 2.48. The summed E-state index contributed by atoms with van der Waals surface area (Å²) in [5.41, 5.74) is 1.54. The smallest absolute Gasteiger partial charge is 0.203 e. The average Bonchev–Trinajstić information content (AvgIpc) is 2.46. The lowest BCUT2D eigenvalue weighted by atomic mass is 9.77. The van der Waals surface area contributed by atoms with Crippen LogP contribution in [-0.4, -0.2) is 24.4 Å². The molecule has 0 saturated heterocycles. The van der Waals surface area contributed by atoms with Crippen molar-refractivity contribution in [3.8, 4) is 23.0 Å². The third-order valence-electron chi connectivity index (χ3n) is 3.76. The van der Waals surface area contributed by atoms with Crippen LogP contribution in [0, 0.1) is 0 Å². The number of benzene rings is 2. The zero-order valence-electron chi connectivity index (χ0n) is 12.7. The van der Waals surface area contributed by atoms with Gasteiger partial charge in [-0.05, 0) is 23.8 Å². The van der Waals surface area contributed by atoms with E-state index in [0.29, 0.717) is 11.5 Å². The molecule has 0 spiro atoms. The highest BCUT2D eigenvalue weighted by atomic mass is 16.5. The van der Waals surface area contributed by atoms with Crippen molar-refractivity contribution in [2.24, 2.45) is 0 Å². The first-order valence-electron chi connectivity index (χ1n) is 6.65. The van der Waals surface area contributed by atoms with Crippen LogP contribution in [-0.2, 0) is 5.41 Å². The van der Waals surface area contributed by atoms with Crippen molar-refractivity contribution in [1.29, 1.82) is 0 Å². The van der Waals surface area contributed by atoms with Gasteiger partial charge in [-0.3, -0.25) is 0 Å². The lowest BCUT2D eigenvalue weighted by Gasteiger charge is -2.28. The molecule has 0 unspecified atom stereocenters. The van der Waals surface area contributed by atoms with Crippen LogP contribution in [0.15, 0.2) is 36.4 Å². The Bertz CT molecular complexity index is 630. The summed E-state index contributed by atoms with van der Waals surface area (Å²) < 4.78 is 10.7. The first-order chi connectivity index (χ1) is 9.91. The molecular weight excluding hydrogens is 268 g/mol. The van der Waals surface area contributed by atoms with Crippen molar-refractivity contribution in [3.63, 3.8) is 0 Å². The molecule has 2 rings (SSSR count). The van der Waals surface area contributed by atoms with Crippen molar-refractivity contribution in [3.05, 3.63) is 47.5 Å². The van der Waals surface area contributed by atoms with E-state index in [0.717, 1.165) is 11.1 Å². The summed E-state index contributed by atoms with van der Waals surface area (Å²) in [5, 5.41) is 19.3. The first-order valence-corrected chi connectivity index (χ1v) is 6.65. The number of aromatic hydroxyl groups is 2. The van der Waals surface area contributed by atoms with Gasteiger partial charge in [0.25, 0.3) is 0 Å². The Hall–Kier alpha value is -2.36. The number of hydrogen-bond acceptors (Lipinski definition) is 4. The normalized spacial score (nSPS) is 11.2. The van der Waals surface area contributed by atoms with Crippen LogP contribution in [0.3, 0.4) is 0 Å². The quantitative estimate of drug-likeness (QED) is 0.904. The van der Waals surface area contributed by atoms with Crippen LogP contribution >= 0.6 is 0 Å². The van der Waals surface area contributed by atoms with E-state index in [1.165, 1.54) is 7.11 Å². The molecule has 0 aliphatic carbocycles. The van der Waals surface area contributed by atoms with Crippen molar-refractivity contribution in [2.45, 2.75) is 19.3 Å². The summed E-state index contributed by atoms with van der Waals surface area (Å²) in [4.78, 5) is 0. The van der Waals surface area contributed by atoms with Crippen LogP contribution < -0.4 is 9.47 Å². The fraction of sp³-hybridized carbons (Fsp3) is 0.294. The molecule has 0 amide bonds. The number of hydrogen-bond donors (Lipinski definition) is 2. The van der Waals surface area contributed by atoms with E-state index in [1.54, 1.807) is 25.3 Å². The van der Waals surface area contributed by atoms with Crippen molar-refractivity contribution < 1.29 is 19.7 Å². The number of methoxy groups -OCH3 is 2. The van der Waals surface area contributed by atoms with Gasteiger partial charge < -0.3 is 19.7 Å². The molecule has 0 aliphatic rings. The zero-order valence-corrected chi connectivity index (χ0v) is 12.7. The van der Waals surface area contributed by atoms with Crippen LogP contribution in [0.25, 0.3) is 0 Å². The Morgan fingerprint density at radius 1 is 0.810 bits per heavy atom. The SMILES string of the molecule is COc1c(O)ccc(C(C)(C)c2ccc(O)cc2)c1OC. The maximum Gasteiger partial charge on any atom is 0.203 e. The number of rotatable bonds is 4. The lowest BCUT2D eigenvalue weighted by Crippen LogP contribution is -2.20. The maximum atomic E-state index is 9.88. The molecule has 21 heavy (non-hydrogen) atoms. The molecule has 2 aromatic rings. The number of phenols is 2. The maximum absolute atomic E-state index is 9.88. The molecule has 4 heteroatoms. The molecule has 2 aromatic carbocycles. The van der Waals surface area contributed by atoms with E-state index in [9.17, 15) is 10.2 Å². The van der Waals surface area contributed by atoms with Crippen LogP contribution in [0.2, 0.25) is 0 Å². The molecule has 2 N–H and O–H groups in total. The van der Waals surface area contributed by atoms with Gasteiger partial charge in [-0.15, -0.1) is 0 Å². The molecule has 0 bridgehead atoms. The molecule has 0 fully saturated rings. The van der Waals surface area contributed by atoms with E-state index in [2.05, 4.69) is 0 Å². The zero-order chi connectivity index (χ0) is 15.6. The Kier molecular flexibility index (Phi) is 3.98. The highest BCUT2D eigenvalue weighted by molar-refractivity contribution is 5.59. The highest BCUT2D eigenvalue weighted by Crippen LogP contribution is 2.46. The van der Waals surface area contributed by atoms with Gasteiger partial charge >= 0.3 is 0 Å². The fourth-order valence-corrected chi connectivity index (χ4v) is 2.48. The van der Waals surface area contributed by atoms with Gasteiger partial charge in [0, 0.05) is 11.0 Å². The molecule has 0 aliphatic heterocycles. The second kappa shape index (κ2) is 5.56. The van der Waals surface area contributed by atoms with Crippen LogP contribution in [0.5, 0.6) is 23.0 Å². The predicted molar refractivity (Wildman–Crippen MR) is 81.4 cm³/mol. The van der Waals surface area contributed by atoms with E-state index in [1.807, 2.05) is 32.0 Å². The molecule has 0 atom stereocenters. The topological polar surface area (TPSA) is 58.9 Å².